The zero-order chi connectivity index (χ0) is 12.4. The van der Waals surface area contributed by atoms with Crippen LogP contribution in [0.5, 0.6) is 5.88 Å². The van der Waals surface area contributed by atoms with Crippen LogP contribution in [0.4, 0.5) is 0 Å². The van der Waals surface area contributed by atoms with Crippen molar-refractivity contribution in [3.05, 3.63) is 22.0 Å². The molecule has 0 aromatic carbocycles. The summed E-state index contributed by atoms with van der Waals surface area (Å²) >= 11 is 9.27. The van der Waals surface area contributed by atoms with E-state index >= 15 is 0 Å². The predicted octanol–water partition coefficient (Wildman–Crippen LogP) is 3.33. The Balaban J connectivity index is 2.42. The lowest BCUT2D eigenvalue weighted by atomic mass is 10.2. The van der Waals surface area contributed by atoms with E-state index in [0.717, 1.165) is 0 Å². The molecule has 5 nitrogen and oxygen atoms in total. The van der Waals surface area contributed by atoms with Crippen molar-refractivity contribution in [1.82, 2.24) is 15.1 Å². The van der Waals surface area contributed by atoms with Gasteiger partial charge in [-0.25, -0.2) is 4.98 Å². The van der Waals surface area contributed by atoms with Gasteiger partial charge in [0.25, 0.3) is 5.89 Å². The van der Waals surface area contributed by atoms with E-state index in [1.54, 1.807) is 12.3 Å². The van der Waals surface area contributed by atoms with Gasteiger partial charge in [-0.05, 0) is 41.0 Å². The molecule has 2 rings (SSSR count). The van der Waals surface area contributed by atoms with Crippen LogP contribution >= 0.6 is 27.5 Å². The van der Waals surface area contributed by atoms with Gasteiger partial charge in [-0.3, -0.25) is 0 Å². The molecule has 0 aliphatic rings. The molecule has 7 heteroatoms. The summed E-state index contributed by atoms with van der Waals surface area (Å²) < 4.78 is 10.9. The van der Waals surface area contributed by atoms with E-state index in [1.165, 1.54) is 0 Å². The highest BCUT2D eigenvalue weighted by molar-refractivity contribution is 9.10. The summed E-state index contributed by atoms with van der Waals surface area (Å²) in [6, 6.07) is 1.69. The molecule has 0 saturated carbocycles. The summed E-state index contributed by atoms with van der Waals surface area (Å²) in [6.07, 6.45) is 1.57. The van der Waals surface area contributed by atoms with Crippen LogP contribution < -0.4 is 4.74 Å². The molecule has 0 saturated heterocycles. The smallest absolute Gasteiger partial charge is 0.260 e. The Hall–Kier alpha value is -1.14. The van der Waals surface area contributed by atoms with Crippen molar-refractivity contribution in [2.24, 2.45) is 0 Å². The molecular weight excluding hydrogens is 309 g/mol. The van der Waals surface area contributed by atoms with Gasteiger partial charge in [-0.15, -0.1) is 0 Å². The fourth-order valence-corrected chi connectivity index (χ4v) is 1.68. The summed E-state index contributed by atoms with van der Waals surface area (Å²) in [6.45, 7) is 3.79. The van der Waals surface area contributed by atoms with Crippen molar-refractivity contribution < 1.29 is 9.26 Å². The van der Waals surface area contributed by atoms with Crippen LogP contribution in [0.25, 0.3) is 11.5 Å². The molecule has 0 radical (unpaired) electrons. The van der Waals surface area contributed by atoms with Gasteiger partial charge in [0, 0.05) is 6.20 Å². The maximum atomic E-state index is 6.17. The van der Waals surface area contributed by atoms with Crippen molar-refractivity contribution in [2.45, 2.75) is 20.0 Å². The highest BCUT2D eigenvalue weighted by Gasteiger charge is 2.16. The second kappa shape index (κ2) is 5.01. The van der Waals surface area contributed by atoms with Crippen molar-refractivity contribution in [3.8, 4) is 17.3 Å². The second-order valence-electron chi connectivity index (χ2n) is 3.51. The minimum Gasteiger partial charge on any atom is -0.474 e. The highest BCUT2D eigenvalue weighted by Crippen LogP contribution is 2.33. The molecular formula is C10H9BrClN3O2. The Morgan fingerprint density at radius 3 is 2.82 bits per heavy atom. The first-order chi connectivity index (χ1) is 8.08. The largest absolute Gasteiger partial charge is 0.474 e. The zero-order valence-electron chi connectivity index (χ0n) is 9.15. The minimum atomic E-state index is -0.00956. The third-order valence-electron chi connectivity index (χ3n) is 1.84. The lowest BCUT2D eigenvalue weighted by molar-refractivity contribution is 0.233. The van der Waals surface area contributed by atoms with Gasteiger partial charge < -0.3 is 9.26 Å². The topological polar surface area (TPSA) is 61.0 Å². The Bertz CT molecular complexity index is 530. The number of halogens is 2. The number of aromatic nitrogens is 3. The molecule has 2 aromatic rings. The third-order valence-corrected chi connectivity index (χ3v) is 2.52. The average Bonchev–Trinajstić information content (AvgIpc) is 2.67. The summed E-state index contributed by atoms with van der Waals surface area (Å²) in [7, 11) is 0. The van der Waals surface area contributed by atoms with E-state index in [-0.39, 0.29) is 6.10 Å². The molecule has 17 heavy (non-hydrogen) atoms. The van der Waals surface area contributed by atoms with Crippen LogP contribution in [-0.2, 0) is 0 Å². The van der Waals surface area contributed by atoms with Crippen LogP contribution in [0.3, 0.4) is 0 Å². The van der Waals surface area contributed by atoms with E-state index in [0.29, 0.717) is 27.1 Å². The van der Waals surface area contributed by atoms with Crippen LogP contribution in [0.15, 0.2) is 21.5 Å². The second-order valence-corrected chi connectivity index (χ2v) is 4.60. The molecule has 0 N–H and O–H groups in total. The van der Waals surface area contributed by atoms with Crippen molar-refractivity contribution in [1.29, 1.82) is 0 Å². The molecule has 0 fully saturated rings. The summed E-state index contributed by atoms with van der Waals surface area (Å²) in [5.74, 6) is 0.673. The maximum absolute atomic E-state index is 6.17. The predicted molar refractivity (Wildman–Crippen MR) is 66.0 cm³/mol. The Kier molecular flexibility index (Phi) is 3.63. The fraction of sp³-hybridized carbons (Fsp3) is 0.300. The van der Waals surface area contributed by atoms with Gasteiger partial charge in [-0.1, -0.05) is 11.6 Å². The van der Waals surface area contributed by atoms with Crippen LogP contribution in [0.1, 0.15) is 13.8 Å². The lowest BCUT2D eigenvalue weighted by Crippen LogP contribution is -2.07. The average molecular weight is 319 g/mol. The summed E-state index contributed by atoms with van der Waals surface area (Å²) in [5, 5.41) is 3.99. The van der Waals surface area contributed by atoms with E-state index < -0.39 is 0 Å². The monoisotopic (exact) mass is 317 g/mol. The van der Waals surface area contributed by atoms with Gasteiger partial charge >= 0.3 is 0 Å². The first-order valence-electron chi connectivity index (χ1n) is 4.88. The highest BCUT2D eigenvalue weighted by atomic mass is 79.9. The zero-order valence-corrected chi connectivity index (χ0v) is 11.5. The fourth-order valence-electron chi connectivity index (χ4n) is 1.21. The molecule has 2 heterocycles. The van der Waals surface area contributed by atoms with E-state index in [9.17, 15) is 0 Å². The van der Waals surface area contributed by atoms with Crippen molar-refractivity contribution in [3.63, 3.8) is 0 Å². The van der Waals surface area contributed by atoms with E-state index in [1.807, 2.05) is 13.8 Å². The van der Waals surface area contributed by atoms with Crippen LogP contribution in [-0.4, -0.2) is 21.2 Å². The molecule has 0 aliphatic heterocycles. The van der Waals surface area contributed by atoms with Gasteiger partial charge in [0.15, 0.2) is 0 Å². The first kappa shape index (κ1) is 12.3. The Morgan fingerprint density at radius 2 is 2.24 bits per heavy atom. The number of rotatable bonds is 3. The molecule has 2 aromatic heterocycles. The minimum absolute atomic E-state index is 0.00956. The first-order valence-corrected chi connectivity index (χ1v) is 6.05. The lowest BCUT2D eigenvalue weighted by Gasteiger charge is -2.10. The molecule has 90 valence electrons. The van der Waals surface area contributed by atoms with Gasteiger partial charge in [0.1, 0.15) is 5.02 Å². The number of hydrogen-bond donors (Lipinski definition) is 0. The quantitative estimate of drug-likeness (QED) is 0.868. The Morgan fingerprint density at radius 1 is 1.47 bits per heavy atom. The van der Waals surface area contributed by atoms with Crippen LogP contribution in [0, 0.1) is 0 Å². The SMILES string of the molecule is CC(C)Oc1nccc(-c2nc(Br)no2)c1Cl. The van der Waals surface area contributed by atoms with Crippen molar-refractivity contribution >= 4 is 27.5 Å². The standard InChI is InChI=1S/C10H9BrClN3O2/c1-5(2)16-9-7(12)6(3-4-13-9)8-14-10(11)15-17-8/h3-5H,1-2H3. The Labute approximate surface area is 111 Å². The summed E-state index contributed by atoms with van der Waals surface area (Å²) in [4.78, 5) is 8.09. The van der Waals surface area contributed by atoms with E-state index in [2.05, 4.69) is 31.1 Å². The van der Waals surface area contributed by atoms with Gasteiger partial charge in [0.2, 0.25) is 10.6 Å². The molecule has 0 bridgehead atoms. The van der Waals surface area contributed by atoms with Crippen LogP contribution in [0.2, 0.25) is 5.02 Å². The molecule has 0 spiro atoms. The van der Waals surface area contributed by atoms with E-state index in [4.69, 9.17) is 20.9 Å². The third kappa shape index (κ3) is 2.76. The maximum Gasteiger partial charge on any atom is 0.260 e. The van der Waals surface area contributed by atoms with Gasteiger partial charge in [-0.2, -0.15) is 4.98 Å². The number of pyridine rings is 1. The molecule has 0 aliphatic carbocycles. The van der Waals surface area contributed by atoms with Gasteiger partial charge in [0.05, 0.1) is 11.7 Å². The molecule has 0 atom stereocenters. The number of ether oxygens (including phenoxy) is 1. The normalized spacial score (nSPS) is 10.9. The number of hydrogen-bond acceptors (Lipinski definition) is 5. The number of nitrogens with zero attached hydrogens (tertiary/aromatic N) is 3. The van der Waals surface area contributed by atoms with Crippen molar-refractivity contribution in [2.75, 3.05) is 0 Å². The molecule has 0 amide bonds. The molecule has 0 unspecified atom stereocenters. The summed E-state index contributed by atoms with van der Waals surface area (Å²) in [5.41, 5.74) is 0.593.